The lowest BCUT2D eigenvalue weighted by atomic mass is 9.95. The summed E-state index contributed by atoms with van der Waals surface area (Å²) in [5.41, 5.74) is 0.907. The van der Waals surface area contributed by atoms with Crippen molar-refractivity contribution in [1.29, 1.82) is 0 Å². The number of nitrogens with one attached hydrogen (secondary N) is 1. The summed E-state index contributed by atoms with van der Waals surface area (Å²) in [6, 6.07) is 7.68. The van der Waals surface area contributed by atoms with Crippen molar-refractivity contribution in [3.8, 4) is 5.75 Å². The fraction of sp³-hybridized carbons (Fsp3) is 0.571. The molecule has 0 radical (unpaired) electrons. The van der Waals surface area contributed by atoms with Gasteiger partial charge in [0.05, 0.1) is 13.2 Å². The lowest BCUT2D eigenvalue weighted by Gasteiger charge is -2.22. The number of aliphatic hydroxyl groups excluding tert-OH is 1. The molecule has 0 aromatic heterocycles. The predicted octanol–water partition coefficient (Wildman–Crippen LogP) is 1.95. The first-order valence-corrected chi connectivity index (χ1v) is 6.42. The Labute approximate surface area is 103 Å². The van der Waals surface area contributed by atoms with Crippen molar-refractivity contribution in [2.24, 2.45) is 5.92 Å². The van der Waals surface area contributed by atoms with Crippen LogP contribution in [-0.2, 0) is 6.61 Å². The minimum absolute atomic E-state index is 0.0749. The highest BCUT2D eigenvalue weighted by atomic mass is 16.5. The van der Waals surface area contributed by atoms with Gasteiger partial charge in [-0.25, -0.2) is 0 Å². The average molecular weight is 235 g/mol. The molecule has 2 rings (SSSR count). The molecule has 1 heterocycles. The molecule has 1 fully saturated rings. The van der Waals surface area contributed by atoms with E-state index in [0.29, 0.717) is 0 Å². The molecule has 0 atom stereocenters. The molecular weight excluding hydrogens is 214 g/mol. The zero-order valence-corrected chi connectivity index (χ0v) is 10.2. The van der Waals surface area contributed by atoms with E-state index in [1.54, 1.807) is 0 Å². The predicted molar refractivity (Wildman–Crippen MR) is 68.1 cm³/mol. The van der Waals surface area contributed by atoms with Crippen LogP contribution in [0.4, 0.5) is 0 Å². The van der Waals surface area contributed by atoms with E-state index >= 15 is 0 Å². The Kier molecular flexibility index (Phi) is 4.83. The van der Waals surface area contributed by atoms with Gasteiger partial charge in [0.1, 0.15) is 5.75 Å². The molecule has 3 heteroatoms. The maximum absolute atomic E-state index is 9.03. The second-order valence-corrected chi connectivity index (χ2v) is 4.64. The van der Waals surface area contributed by atoms with Crippen molar-refractivity contribution >= 4 is 0 Å². The van der Waals surface area contributed by atoms with E-state index in [9.17, 15) is 0 Å². The molecule has 0 spiro atoms. The van der Waals surface area contributed by atoms with Gasteiger partial charge in [0.2, 0.25) is 0 Å². The first-order chi connectivity index (χ1) is 8.38. The van der Waals surface area contributed by atoms with Gasteiger partial charge in [-0.05, 0) is 56.0 Å². The van der Waals surface area contributed by atoms with Crippen LogP contribution in [0.3, 0.4) is 0 Å². The summed E-state index contributed by atoms with van der Waals surface area (Å²) in [7, 11) is 0. The quantitative estimate of drug-likeness (QED) is 0.819. The van der Waals surface area contributed by atoms with E-state index < -0.39 is 0 Å². The molecule has 94 valence electrons. The van der Waals surface area contributed by atoms with E-state index in [4.69, 9.17) is 9.84 Å². The van der Waals surface area contributed by atoms with Crippen LogP contribution in [0.15, 0.2) is 24.3 Å². The molecule has 2 N–H and O–H groups in total. The number of ether oxygens (including phenoxy) is 1. The third-order valence-electron chi connectivity index (χ3n) is 3.33. The summed E-state index contributed by atoms with van der Waals surface area (Å²) in [5.74, 6) is 1.67. The smallest absolute Gasteiger partial charge is 0.119 e. The van der Waals surface area contributed by atoms with Crippen molar-refractivity contribution in [1.82, 2.24) is 5.32 Å². The summed E-state index contributed by atoms with van der Waals surface area (Å²) >= 11 is 0. The Bertz CT molecular complexity index is 335. The monoisotopic (exact) mass is 235 g/mol. The van der Waals surface area contributed by atoms with E-state index in [1.807, 2.05) is 24.3 Å². The normalized spacial score (nSPS) is 17.0. The van der Waals surface area contributed by atoms with Gasteiger partial charge in [0.25, 0.3) is 0 Å². The molecule has 0 bridgehead atoms. The van der Waals surface area contributed by atoms with Gasteiger partial charge in [-0.3, -0.25) is 0 Å². The van der Waals surface area contributed by atoms with E-state index in [0.717, 1.165) is 43.3 Å². The lowest BCUT2D eigenvalue weighted by Crippen LogP contribution is -2.28. The standard InChI is InChI=1S/C14H21NO2/c16-11-13-2-1-3-14(10-13)17-9-6-12-4-7-15-8-5-12/h1-3,10,12,15-16H,4-9,11H2. The Balaban J connectivity index is 1.73. The topological polar surface area (TPSA) is 41.5 Å². The molecule has 1 aliphatic heterocycles. The molecular formula is C14H21NO2. The summed E-state index contributed by atoms with van der Waals surface area (Å²) in [6.07, 6.45) is 3.66. The highest BCUT2D eigenvalue weighted by Gasteiger charge is 2.12. The zero-order chi connectivity index (χ0) is 11.9. The summed E-state index contributed by atoms with van der Waals surface area (Å²) in [6.45, 7) is 3.14. The zero-order valence-electron chi connectivity index (χ0n) is 10.2. The first kappa shape index (κ1) is 12.4. The number of aliphatic hydroxyl groups is 1. The molecule has 17 heavy (non-hydrogen) atoms. The second-order valence-electron chi connectivity index (χ2n) is 4.64. The van der Waals surface area contributed by atoms with Gasteiger partial charge < -0.3 is 15.2 Å². The van der Waals surface area contributed by atoms with Crippen LogP contribution in [0.25, 0.3) is 0 Å². The van der Waals surface area contributed by atoms with Crippen molar-refractivity contribution in [2.45, 2.75) is 25.9 Å². The van der Waals surface area contributed by atoms with E-state index in [2.05, 4.69) is 5.32 Å². The average Bonchev–Trinajstić information content (AvgIpc) is 2.40. The lowest BCUT2D eigenvalue weighted by molar-refractivity contribution is 0.250. The summed E-state index contributed by atoms with van der Waals surface area (Å²) in [5, 5.41) is 12.4. The van der Waals surface area contributed by atoms with Crippen LogP contribution in [0, 0.1) is 5.92 Å². The molecule has 0 amide bonds. The van der Waals surface area contributed by atoms with Crippen LogP contribution in [0.2, 0.25) is 0 Å². The SMILES string of the molecule is OCc1cccc(OCCC2CCNCC2)c1. The third-order valence-corrected chi connectivity index (χ3v) is 3.33. The molecule has 0 unspecified atom stereocenters. The molecule has 1 aliphatic rings. The third kappa shape index (κ3) is 4.02. The van der Waals surface area contributed by atoms with Gasteiger partial charge in [-0.15, -0.1) is 0 Å². The van der Waals surface area contributed by atoms with Gasteiger partial charge >= 0.3 is 0 Å². The van der Waals surface area contributed by atoms with Crippen LogP contribution >= 0.6 is 0 Å². The molecule has 3 nitrogen and oxygen atoms in total. The van der Waals surface area contributed by atoms with Crippen molar-refractivity contribution in [2.75, 3.05) is 19.7 Å². The number of rotatable bonds is 5. The number of benzene rings is 1. The van der Waals surface area contributed by atoms with Gasteiger partial charge in [0, 0.05) is 0 Å². The summed E-state index contributed by atoms with van der Waals surface area (Å²) in [4.78, 5) is 0. The Morgan fingerprint density at radius 2 is 2.12 bits per heavy atom. The maximum atomic E-state index is 9.03. The molecule has 1 saturated heterocycles. The number of hydrogen-bond acceptors (Lipinski definition) is 3. The largest absolute Gasteiger partial charge is 0.494 e. The molecule has 0 saturated carbocycles. The van der Waals surface area contributed by atoms with Crippen molar-refractivity contribution in [3.63, 3.8) is 0 Å². The summed E-state index contributed by atoms with van der Waals surface area (Å²) < 4.78 is 5.72. The Hall–Kier alpha value is -1.06. The number of hydrogen-bond donors (Lipinski definition) is 2. The molecule has 1 aromatic carbocycles. The van der Waals surface area contributed by atoms with Gasteiger partial charge in [-0.2, -0.15) is 0 Å². The molecule has 0 aliphatic carbocycles. The fourth-order valence-electron chi connectivity index (χ4n) is 2.25. The van der Waals surface area contributed by atoms with Crippen LogP contribution in [0.5, 0.6) is 5.75 Å². The van der Waals surface area contributed by atoms with Crippen molar-refractivity contribution in [3.05, 3.63) is 29.8 Å². The fourth-order valence-corrected chi connectivity index (χ4v) is 2.25. The van der Waals surface area contributed by atoms with E-state index in [1.165, 1.54) is 12.8 Å². The van der Waals surface area contributed by atoms with Crippen LogP contribution < -0.4 is 10.1 Å². The Morgan fingerprint density at radius 3 is 2.88 bits per heavy atom. The van der Waals surface area contributed by atoms with Crippen LogP contribution in [-0.4, -0.2) is 24.8 Å². The second kappa shape index (κ2) is 6.62. The van der Waals surface area contributed by atoms with Gasteiger partial charge in [-0.1, -0.05) is 12.1 Å². The Morgan fingerprint density at radius 1 is 1.29 bits per heavy atom. The van der Waals surface area contributed by atoms with Gasteiger partial charge in [0.15, 0.2) is 0 Å². The highest BCUT2D eigenvalue weighted by molar-refractivity contribution is 5.27. The minimum Gasteiger partial charge on any atom is -0.494 e. The van der Waals surface area contributed by atoms with Crippen LogP contribution in [0.1, 0.15) is 24.8 Å². The molecule has 1 aromatic rings. The highest BCUT2D eigenvalue weighted by Crippen LogP contribution is 2.18. The minimum atomic E-state index is 0.0749. The first-order valence-electron chi connectivity index (χ1n) is 6.42. The number of piperidine rings is 1. The van der Waals surface area contributed by atoms with E-state index in [-0.39, 0.29) is 6.61 Å². The maximum Gasteiger partial charge on any atom is 0.119 e. The van der Waals surface area contributed by atoms with Crippen molar-refractivity contribution < 1.29 is 9.84 Å².